The molecule has 0 aromatic carbocycles. The molecule has 2 N–H and O–H groups in total. The van der Waals surface area contributed by atoms with Crippen LogP contribution in [0.1, 0.15) is 26.5 Å². The molecule has 4 aromatic rings. The Morgan fingerprint density at radius 1 is 1.15 bits per heavy atom. The Labute approximate surface area is 218 Å². The summed E-state index contributed by atoms with van der Waals surface area (Å²) >= 11 is 0. The van der Waals surface area contributed by atoms with E-state index in [2.05, 4.69) is 37.3 Å². The van der Waals surface area contributed by atoms with Gasteiger partial charge in [0.15, 0.2) is 5.69 Å². The fourth-order valence-electron chi connectivity index (χ4n) is 4.04. The van der Waals surface area contributed by atoms with Crippen molar-refractivity contribution in [2.24, 2.45) is 0 Å². The Hall–Kier alpha value is -5.31. The third-order valence-corrected chi connectivity index (χ3v) is 5.75. The van der Waals surface area contributed by atoms with E-state index < -0.39 is 35.6 Å². The molecule has 0 fully saturated rings. The summed E-state index contributed by atoms with van der Waals surface area (Å²) in [5, 5.41) is 9.12. The molecule has 0 radical (unpaired) electrons. The number of hydrogen-bond donors (Lipinski definition) is 2. The zero-order valence-electron chi connectivity index (χ0n) is 20.4. The van der Waals surface area contributed by atoms with Gasteiger partial charge in [-0.2, -0.15) is 9.61 Å². The normalized spacial score (nSPS) is 12.5. The summed E-state index contributed by atoms with van der Waals surface area (Å²) in [4.78, 5) is 65.5. The molecule has 15 heteroatoms. The number of ether oxygens (including phenoxy) is 1. The topological polar surface area (TPSA) is 166 Å². The molecule has 5 rings (SSSR count). The first-order valence-corrected chi connectivity index (χ1v) is 11.4. The van der Waals surface area contributed by atoms with Crippen LogP contribution in [0.2, 0.25) is 0 Å². The van der Waals surface area contributed by atoms with Gasteiger partial charge in [-0.1, -0.05) is 6.58 Å². The van der Waals surface area contributed by atoms with Gasteiger partial charge < -0.3 is 19.5 Å². The molecule has 14 nitrogen and oxygen atoms in total. The molecule has 0 spiro atoms. The summed E-state index contributed by atoms with van der Waals surface area (Å²) in [7, 11) is 1.44. The molecular formula is C24H20FN9O5. The van der Waals surface area contributed by atoms with Crippen LogP contribution in [-0.2, 0) is 22.6 Å². The van der Waals surface area contributed by atoms with Crippen molar-refractivity contribution in [2.45, 2.75) is 13.1 Å². The fraction of sp³-hybridized carbons (Fsp3) is 0.167. The minimum absolute atomic E-state index is 0.00708. The summed E-state index contributed by atoms with van der Waals surface area (Å²) in [6, 6.07) is 5.23. The van der Waals surface area contributed by atoms with Crippen molar-refractivity contribution >= 4 is 35.1 Å². The molecule has 0 saturated heterocycles. The maximum atomic E-state index is 13.4. The molecule has 0 atom stereocenters. The van der Waals surface area contributed by atoms with Gasteiger partial charge in [0.25, 0.3) is 17.4 Å². The number of aromatic nitrogens is 6. The predicted molar refractivity (Wildman–Crippen MR) is 133 cm³/mol. The van der Waals surface area contributed by atoms with Gasteiger partial charge in [0.05, 0.1) is 24.9 Å². The van der Waals surface area contributed by atoms with E-state index in [-0.39, 0.29) is 47.5 Å². The highest BCUT2D eigenvalue weighted by atomic mass is 19.1. The van der Waals surface area contributed by atoms with Crippen LogP contribution in [0.4, 0.5) is 16.2 Å². The fourth-order valence-corrected chi connectivity index (χ4v) is 4.04. The SMILES string of the molecule is C=C(COC)N1Cc2c(n(CC(=O)Nc3ccc(F)cn3)c3cc(C(=O)Nc4ncccn4)nn3c2=O)C1=O. The number of halogens is 1. The summed E-state index contributed by atoms with van der Waals surface area (Å²) in [6.07, 6.45) is 3.81. The van der Waals surface area contributed by atoms with E-state index in [1.54, 1.807) is 6.07 Å². The van der Waals surface area contributed by atoms with Crippen molar-refractivity contribution in [3.05, 3.63) is 88.3 Å². The van der Waals surface area contributed by atoms with E-state index in [9.17, 15) is 23.6 Å². The lowest BCUT2D eigenvalue weighted by Gasteiger charge is -2.18. The smallest absolute Gasteiger partial charge is 0.280 e. The number of rotatable bonds is 8. The van der Waals surface area contributed by atoms with Gasteiger partial charge in [0, 0.05) is 31.3 Å². The lowest BCUT2D eigenvalue weighted by Crippen LogP contribution is -2.30. The van der Waals surface area contributed by atoms with Crippen LogP contribution in [-0.4, -0.2) is 65.5 Å². The van der Waals surface area contributed by atoms with Crippen molar-refractivity contribution < 1.29 is 23.5 Å². The minimum atomic E-state index is -0.711. The van der Waals surface area contributed by atoms with E-state index in [4.69, 9.17) is 4.74 Å². The minimum Gasteiger partial charge on any atom is -0.379 e. The van der Waals surface area contributed by atoms with E-state index in [1.165, 1.54) is 41.1 Å². The van der Waals surface area contributed by atoms with E-state index in [0.717, 1.165) is 16.8 Å². The van der Waals surface area contributed by atoms with Crippen LogP contribution in [0, 0.1) is 5.82 Å². The summed E-state index contributed by atoms with van der Waals surface area (Å²) in [5.41, 5.74) is -0.513. The maximum Gasteiger partial charge on any atom is 0.280 e. The number of methoxy groups -OCH3 is 1. The molecular weight excluding hydrogens is 513 g/mol. The third-order valence-electron chi connectivity index (χ3n) is 5.75. The number of nitrogens with one attached hydrogen (secondary N) is 2. The maximum absolute atomic E-state index is 13.4. The van der Waals surface area contributed by atoms with Gasteiger partial charge in [-0.25, -0.2) is 19.3 Å². The zero-order valence-corrected chi connectivity index (χ0v) is 20.4. The number of hydrogen-bond acceptors (Lipinski definition) is 9. The van der Waals surface area contributed by atoms with Crippen molar-refractivity contribution in [1.82, 2.24) is 34.0 Å². The molecule has 0 saturated carbocycles. The summed E-state index contributed by atoms with van der Waals surface area (Å²) < 4.78 is 20.5. The van der Waals surface area contributed by atoms with Crippen LogP contribution < -0.4 is 16.2 Å². The summed E-state index contributed by atoms with van der Waals surface area (Å²) in [5.74, 6) is -2.41. The van der Waals surface area contributed by atoms with E-state index in [0.29, 0.717) is 5.70 Å². The van der Waals surface area contributed by atoms with Gasteiger partial charge in [0.2, 0.25) is 11.9 Å². The molecule has 1 aliphatic rings. The van der Waals surface area contributed by atoms with Crippen LogP contribution in [0.3, 0.4) is 0 Å². The lowest BCUT2D eigenvalue weighted by molar-refractivity contribution is -0.116. The van der Waals surface area contributed by atoms with Gasteiger partial charge in [-0.3, -0.25) is 24.5 Å². The molecule has 39 heavy (non-hydrogen) atoms. The van der Waals surface area contributed by atoms with E-state index >= 15 is 0 Å². The highest BCUT2D eigenvalue weighted by molar-refractivity contribution is 6.03. The second-order valence-corrected chi connectivity index (χ2v) is 8.34. The molecule has 198 valence electrons. The first-order chi connectivity index (χ1) is 18.8. The number of anilines is 2. The Balaban J connectivity index is 1.57. The Bertz CT molecular complexity index is 1680. The second kappa shape index (κ2) is 10.2. The van der Waals surface area contributed by atoms with Crippen LogP contribution in [0.25, 0.3) is 5.65 Å². The van der Waals surface area contributed by atoms with Crippen molar-refractivity contribution in [1.29, 1.82) is 0 Å². The number of carbonyl (C=O) groups excluding carboxylic acids is 3. The Morgan fingerprint density at radius 3 is 2.62 bits per heavy atom. The van der Waals surface area contributed by atoms with Crippen molar-refractivity contribution in [3.8, 4) is 0 Å². The zero-order chi connectivity index (χ0) is 27.7. The van der Waals surface area contributed by atoms with Crippen LogP contribution in [0.5, 0.6) is 0 Å². The Kier molecular flexibility index (Phi) is 6.64. The monoisotopic (exact) mass is 533 g/mol. The van der Waals surface area contributed by atoms with Gasteiger partial charge in [-0.05, 0) is 18.2 Å². The Morgan fingerprint density at radius 2 is 1.92 bits per heavy atom. The molecule has 0 aliphatic carbocycles. The lowest BCUT2D eigenvalue weighted by atomic mass is 10.2. The molecule has 3 amide bonds. The molecule has 1 aliphatic heterocycles. The van der Waals surface area contributed by atoms with Gasteiger partial charge >= 0.3 is 0 Å². The molecule has 5 heterocycles. The summed E-state index contributed by atoms with van der Waals surface area (Å²) in [6.45, 7) is 3.28. The van der Waals surface area contributed by atoms with Gasteiger partial charge in [-0.15, -0.1) is 0 Å². The predicted octanol–water partition coefficient (Wildman–Crippen LogP) is 0.827. The number of fused-ring (bicyclic) bond motifs is 2. The average Bonchev–Trinajstić information content (AvgIpc) is 3.52. The number of pyridine rings is 1. The number of amides is 3. The first-order valence-electron chi connectivity index (χ1n) is 11.4. The molecule has 0 unspecified atom stereocenters. The molecule has 4 aromatic heterocycles. The van der Waals surface area contributed by atoms with E-state index in [1.807, 2.05) is 0 Å². The number of nitrogens with zero attached hydrogens (tertiary/aromatic N) is 7. The van der Waals surface area contributed by atoms with Gasteiger partial charge in [0.1, 0.15) is 29.5 Å². The average molecular weight is 533 g/mol. The first kappa shape index (κ1) is 25.3. The standard InChI is InChI=1S/C24H20FN9O5/c1-13(12-39-2)32-10-15-20(23(32)38)33(11-18(35)29-17-5-4-14(25)9-28-17)19-8-16(31-34(19)22(15)37)21(36)30-24-26-6-3-7-27-24/h3-9H,1,10-12H2,2H3,(H,28,29,35)(H,26,27,30,36). The van der Waals surface area contributed by atoms with Crippen LogP contribution in [0.15, 0.2) is 59.9 Å². The largest absolute Gasteiger partial charge is 0.379 e. The van der Waals surface area contributed by atoms with Crippen molar-refractivity contribution in [3.63, 3.8) is 0 Å². The second-order valence-electron chi connectivity index (χ2n) is 8.34. The third kappa shape index (κ3) is 4.85. The van der Waals surface area contributed by atoms with Crippen LogP contribution >= 0.6 is 0 Å². The highest BCUT2D eigenvalue weighted by Gasteiger charge is 2.36. The number of carbonyl (C=O) groups is 3. The quantitative estimate of drug-likeness (QED) is 0.334. The highest BCUT2D eigenvalue weighted by Crippen LogP contribution is 2.25. The van der Waals surface area contributed by atoms with Crippen molar-refractivity contribution in [2.75, 3.05) is 24.4 Å². The molecule has 0 bridgehead atoms.